The highest BCUT2D eigenvalue weighted by Gasteiger charge is 2.08. The van der Waals surface area contributed by atoms with Crippen LogP contribution in [0.1, 0.15) is 20.1 Å². The van der Waals surface area contributed by atoms with E-state index in [1.807, 2.05) is 37.3 Å². The summed E-state index contributed by atoms with van der Waals surface area (Å²) in [5, 5.41) is 11.5. The molecule has 1 N–H and O–H groups in total. The largest absolute Gasteiger partial charge is 0.491 e. The molecule has 0 saturated carbocycles. The summed E-state index contributed by atoms with van der Waals surface area (Å²) in [4.78, 5) is 12.9. The molecular formula is C21H26N2O5S. The SMILES string of the molecule is Cc1ccc(OCCOCCOCCOCCNC(=O)c2ccc(C#N)s2)cc1. The first kappa shape index (κ1) is 22.8. The minimum atomic E-state index is -0.195. The van der Waals surface area contributed by atoms with Gasteiger partial charge in [0.15, 0.2) is 0 Å². The molecule has 1 amide bonds. The number of hydrogen-bond acceptors (Lipinski definition) is 7. The summed E-state index contributed by atoms with van der Waals surface area (Å²) in [5.74, 6) is 0.644. The van der Waals surface area contributed by atoms with Crippen LogP contribution in [0.25, 0.3) is 0 Å². The Balaban J connectivity index is 1.35. The van der Waals surface area contributed by atoms with Gasteiger partial charge in [0, 0.05) is 6.54 Å². The average Bonchev–Trinajstić information content (AvgIpc) is 3.22. The van der Waals surface area contributed by atoms with E-state index in [1.54, 1.807) is 12.1 Å². The second-order valence-electron chi connectivity index (χ2n) is 6.03. The second-order valence-corrected chi connectivity index (χ2v) is 7.11. The lowest BCUT2D eigenvalue weighted by atomic mass is 10.2. The molecule has 156 valence electrons. The predicted molar refractivity (Wildman–Crippen MR) is 110 cm³/mol. The number of nitriles is 1. The molecular weight excluding hydrogens is 392 g/mol. The zero-order valence-electron chi connectivity index (χ0n) is 16.5. The number of carbonyl (C=O) groups excluding carboxylic acids is 1. The molecule has 0 bridgehead atoms. The highest BCUT2D eigenvalue weighted by Crippen LogP contribution is 2.14. The molecule has 0 aliphatic carbocycles. The molecule has 0 atom stereocenters. The first-order chi connectivity index (χ1) is 14.2. The van der Waals surface area contributed by atoms with Crippen molar-refractivity contribution in [3.8, 4) is 11.8 Å². The van der Waals surface area contributed by atoms with Crippen LogP contribution in [0.5, 0.6) is 5.75 Å². The normalized spacial score (nSPS) is 10.5. The van der Waals surface area contributed by atoms with Gasteiger partial charge in [-0.15, -0.1) is 11.3 Å². The molecule has 0 aliphatic rings. The fraction of sp³-hybridized carbons (Fsp3) is 0.429. The van der Waals surface area contributed by atoms with Gasteiger partial charge in [-0.25, -0.2) is 0 Å². The molecule has 0 unspecified atom stereocenters. The summed E-state index contributed by atoms with van der Waals surface area (Å²) in [6.07, 6.45) is 0. The molecule has 8 heteroatoms. The molecule has 2 rings (SSSR count). The molecule has 0 saturated heterocycles. The van der Waals surface area contributed by atoms with Gasteiger partial charge < -0.3 is 24.3 Å². The van der Waals surface area contributed by atoms with Crippen molar-refractivity contribution in [2.75, 3.05) is 52.8 Å². The van der Waals surface area contributed by atoms with Gasteiger partial charge in [-0.3, -0.25) is 4.79 Å². The molecule has 1 heterocycles. The number of nitrogens with one attached hydrogen (secondary N) is 1. The van der Waals surface area contributed by atoms with Gasteiger partial charge in [0.2, 0.25) is 0 Å². The molecule has 0 fully saturated rings. The number of thiophene rings is 1. The van der Waals surface area contributed by atoms with Crippen molar-refractivity contribution in [1.29, 1.82) is 5.26 Å². The first-order valence-corrected chi connectivity index (χ1v) is 10.2. The van der Waals surface area contributed by atoms with Crippen molar-refractivity contribution in [1.82, 2.24) is 5.32 Å². The number of rotatable bonds is 14. The lowest BCUT2D eigenvalue weighted by Gasteiger charge is -2.08. The molecule has 7 nitrogen and oxygen atoms in total. The van der Waals surface area contributed by atoms with Gasteiger partial charge >= 0.3 is 0 Å². The van der Waals surface area contributed by atoms with E-state index < -0.39 is 0 Å². The maximum atomic E-state index is 11.8. The maximum Gasteiger partial charge on any atom is 0.261 e. The van der Waals surface area contributed by atoms with Gasteiger partial charge in [0.1, 0.15) is 23.3 Å². The standard InChI is InChI=1S/C21H26N2O5S/c1-17-2-4-18(5-3-17)28-15-14-27-13-12-26-11-10-25-9-8-23-21(24)20-7-6-19(16-22)29-20/h2-7H,8-15H2,1H3,(H,23,24). The molecule has 0 spiro atoms. The van der Waals surface area contributed by atoms with Crippen LogP contribution in [0, 0.1) is 18.3 Å². The fourth-order valence-corrected chi connectivity index (χ4v) is 2.96. The highest BCUT2D eigenvalue weighted by molar-refractivity contribution is 7.14. The highest BCUT2D eigenvalue weighted by atomic mass is 32.1. The minimum Gasteiger partial charge on any atom is -0.491 e. The van der Waals surface area contributed by atoms with Crippen LogP contribution < -0.4 is 10.1 Å². The Morgan fingerprint density at radius 1 is 0.931 bits per heavy atom. The summed E-state index contributed by atoms with van der Waals surface area (Å²) in [6, 6.07) is 13.2. The Hall–Kier alpha value is -2.44. The van der Waals surface area contributed by atoms with Crippen LogP contribution in [0.4, 0.5) is 0 Å². The summed E-state index contributed by atoms with van der Waals surface area (Å²) in [7, 11) is 0. The second kappa shape index (κ2) is 13.7. The number of carbonyl (C=O) groups is 1. The van der Waals surface area contributed by atoms with Crippen LogP contribution in [0.15, 0.2) is 36.4 Å². The first-order valence-electron chi connectivity index (χ1n) is 9.40. The monoisotopic (exact) mass is 418 g/mol. The molecule has 1 aromatic carbocycles. The summed E-state index contributed by atoms with van der Waals surface area (Å²) >= 11 is 1.17. The van der Waals surface area contributed by atoms with Gasteiger partial charge in [0.25, 0.3) is 5.91 Å². The molecule has 1 aromatic heterocycles. The summed E-state index contributed by atoms with van der Waals surface area (Å²) < 4.78 is 21.8. The minimum absolute atomic E-state index is 0.195. The van der Waals surface area contributed by atoms with Crippen LogP contribution in [-0.2, 0) is 14.2 Å². The van der Waals surface area contributed by atoms with E-state index in [0.29, 0.717) is 62.5 Å². The van der Waals surface area contributed by atoms with E-state index in [0.717, 1.165) is 5.75 Å². The van der Waals surface area contributed by atoms with E-state index in [1.165, 1.54) is 16.9 Å². The maximum absolute atomic E-state index is 11.8. The lowest BCUT2D eigenvalue weighted by Crippen LogP contribution is -2.27. The number of nitrogens with zero attached hydrogens (tertiary/aromatic N) is 1. The van der Waals surface area contributed by atoms with E-state index in [2.05, 4.69) is 5.32 Å². The van der Waals surface area contributed by atoms with E-state index >= 15 is 0 Å². The van der Waals surface area contributed by atoms with Gasteiger partial charge in [-0.1, -0.05) is 17.7 Å². The quantitative estimate of drug-likeness (QED) is 0.475. The van der Waals surface area contributed by atoms with Crippen molar-refractivity contribution >= 4 is 17.2 Å². The zero-order valence-corrected chi connectivity index (χ0v) is 17.3. The Bertz CT molecular complexity index is 770. The number of hydrogen-bond donors (Lipinski definition) is 1. The average molecular weight is 419 g/mol. The fourth-order valence-electron chi connectivity index (χ4n) is 2.24. The van der Waals surface area contributed by atoms with Crippen molar-refractivity contribution in [2.45, 2.75) is 6.92 Å². The number of benzene rings is 1. The Kier molecular flexibility index (Phi) is 10.8. The lowest BCUT2D eigenvalue weighted by molar-refractivity contribution is 0.00988. The molecule has 0 radical (unpaired) electrons. The molecule has 0 aliphatic heterocycles. The topological polar surface area (TPSA) is 89.8 Å². The van der Waals surface area contributed by atoms with Crippen LogP contribution in [-0.4, -0.2) is 58.7 Å². The Labute approximate surface area is 175 Å². The van der Waals surface area contributed by atoms with Gasteiger partial charge in [0.05, 0.1) is 44.5 Å². The van der Waals surface area contributed by atoms with Crippen LogP contribution in [0.2, 0.25) is 0 Å². The third-order valence-corrected chi connectivity index (χ3v) is 4.72. The van der Waals surface area contributed by atoms with Crippen LogP contribution >= 0.6 is 11.3 Å². The van der Waals surface area contributed by atoms with Crippen molar-refractivity contribution in [3.05, 3.63) is 51.7 Å². The predicted octanol–water partition coefficient (Wildman–Crippen LogP) is 2.79. The Morgan fingerprint density at radius 3 is 2.17 bits per heavy atom. The molecule has 2 aromatic rings. The number of ether oxygens (including phenoxy) is 4. The summed E-state index contributed by atoms with van der Waals surface area (Å²) in [5.41, 5.74) is 1.20. The van der Waals surface area contributed by atoms with Crippen molar-refractivity contribution in [3.63, 3.8) is 0 Å². The zero-order chi connectivity index (χ0) is 20.7. The van der Waals surface area contributed by atoms with E-state index in [4.69, 9.17) is 24.2 Å². The smallest absolute Gasteiger partial charge is 0.261 e. The summed E-state index contributed by atoms with van der Waals surface area (Å²) in [6.45, 7) is 5.76. The van der Waals surface area contributed by atoms with Crippen molar-refractivity contribution in [2.24, 2.45) is 0 Å². The third-order valence-electron chi connectivity index (χ3n) is 3.73. The van der Waals surface area contributed by atoms with Crippen LogP contribution in [0.3, 0.4) is 0 Å². The van der Waals surface area contributed by atoms with E-state index in [9.17, 15) is 4.79 Å². The number of amides is 1. The van der Waals surface area contributed by atoms with Gasteiger partial charge in [-0.2, -0.15) is 5.26 Å². The number of aryl methyl sites for hydroxylation is 1. The Morgan fingerprint density at radius 2 is 1.55 bits per heavy atom. The van der Waals surface area contributed by atoms with Crippen molar-refractivity contribution < 1.29 is 23.7 Å². The third kappa shape index (κ3) is 9.54. The van der Waals surface area contributed by atoms with Gasteiger partial charge in [-0.05, 0) is 31.2 Å². The molecule has 29 heavy (non-hydrogen) atoms. The van der Waals surface area contributed by atoms with E-state index in [-0.39, 0.29) is 5.91 Å².